The summed E-state index contributed by atoms with van der Waals surface area (Å²) in [6.07, 6.45) is 6.68. The smallest absolute Gasteiger partial charge is 0.0793 e. The van der Waals surface area contributed by atoms with E-state index in [9.17, 15) is 0 Å². The van der Waals surface area contributed by atoms with Gasteiger partial charge in [-0.05, 0) is 41.9 Å². The highest BCUT2D eigenvalue weighted by Crippen LogP contribution is 2.38. The lowest BCUT2D eigenvalue weighted by Crippen LogP contribution is -2.45. The summed E-state index contributed by atoms with van der Waals surface area (Å²) in [6.45, 7) is 0.866. The lowest BCUT2D eigenvalue weighted by atomic mass is 9.73. The van der Waals surface area contributed by atoms with Crippen molar-refractivity contribution >= 4 is 0 Å². The monoisotopic (exact) mass is 370 g/mol. The fraction of sp³-hybridized carbons (Fsp3) is 0.333. The van der Waals surface area contributed by atoms with Gasteiger partial charge in [0.2, 0.25) is 0 Å². The minimum atomic E-state index is -0.158. The minimum Gasteiger partial charge on any atom is -0.374 e. The maximum Gasteiger partial charge on any atom is 0.0793 e. The number of benzene rings is 3. The summed E-state index contributed by atoms with van der Waals surface area (Å²) >= 11 is 0. The highest BCUT2D eigenvalue weighted by Gasteiger charge is 2.41. The van der Waals surface area contributed by atoms with E-state index >= 15 is 0 Å². The van der Waals surface area contributed by atoms with Crippen LogP contribution in [0.4, 0.5) is 0 Å². The zero-order chi connectivity index (χ0) is 19.1. The van der Waals surface area contributed by atoms with E-state index in [4.69, 9.17) is 4.74 Å². The predicted octanol–water partition coefficient (Wildman–Crippen LogP) is 6.27. The van der Waals surface area contributed by atoms with Gasteiger partial charge in [-0.3, -0.25) is 0 Å². The van der Waals surface area contributed by atoms with Gasteiger partial charge in [0, 0.05) is 19.4 Å². The van der Waals surface area contributed by atoms with Gasteiger partial charge in [0.25, 0.3) is 0 Å². The van der Waals surface area contributed by atoms with Gasteiger partial charge in [0.05, 0.1) is 5.60 Å². The van der Waals surface area contributed by atoms with E-state index in [1.807, 2.05) is 0 Å². The van der Waals surface area contributed by atoms with Gasteiger partial charge < -0.3 is 4.74 Å². The first-order valence-electron chi connectivity index (χ1n) is 10.6. The third-order valence-corrected chi connectivity index (χ3v) is 6.10. The Morgan fingerprint density at radius 1 is 0.643 bits per heavy atom. The van der Waals surface area contributed by atoms with Crippen LogP contribution >= 0.6 is 0 Å². The lowest BCUT2D eigenvalue weighted by Gasteiger charge is -2.40. The quantitative estimate of drug-likeness (QED) is 0.497. The van der Waals surface area contributed by atoms with E-state index in [-0.39, 0.29) is 5.60 Å². The topological polar surface area (TPSA) is 9.23 Å². The Hall–Kier alpha value is -2.38. The Balaban J connectivity index is 1.70. The Bertz CT molecular complexity index is 784. The Kier molecular flexibility index (Phi) is 6.24. The van der Waals surface area contributed by atoms with Crippen LogP contribution in [0.5, 0.6) is 0 Å². The molecular formula is C27H30O. The molecule has 0 bridgehead atoms. The molecule has 0 amide bonds. The van der Waals surface area contributed by atoms with Crippen molar-refractivity contribution in [1.82, 2.24) is 0 Å². The lowest BCUT2D eigenvalue weighted by molar-refractivity contribution is -0.0773. The molecule has 0 radical (unpaired) electrons. The third kappa shape index (κ3) is 4.72. The van der Waals surface area contributed by atoms with Gasteiger partial charge in [0.15, 0.2) is 0 Å². The summed E-state index contributed by atoms with van der Waals surface area (Å²) in [5, 5.41) is 0. The summed E-state index contributed by atoms with van der Waals surface area (Å²) < 4.78 is 6.78. The molecule has 144 valence electrons. The second kappa shape index (κ2) is 9.21. The van der Waals surface area contributed by atoms with Crippen LogP contribution in [0, 0.1) is 5.92 Å². The van der Waals surface area contributed by atoms with Crippen molar-refractivity contribution < 1.29 is 4.74 Å². The van der Waals surface area contributed by atoms with Crippen LogP contribution in [0.25, 0.3) is 0 Å². The normalized spacial score (nSPS) is 19.1. The number of hydrogen-bond acceptors (Lipinski definition) is 1. The highest BCUT2D eigenvalue weighted by molar-refractivity contribution is 5.24. The van der Waals surface area contributed by atoms with Gasteiger partial charge in [-0.1, -0.05) is 97.4 Å². The van der Waals surface area contributed by atoms with Crippen molar-refractivity contribution in [3.8, 4) is 0 Å². The van der Waals surface area contributed by atoms with E-state index in [1.165, 1.54) is 29.5 Å². The molecule has 1 aliphatic heterocycles. The number of rotatable bonds is 6. The first-order valence-corrected chi connectivity index (χ1v) is 10.6. The molecule has 0 aromatic heterocycles. The molecule has 1 heteroatoms. The van der Waals surface area contributed by atoms with E-state index in [0.29, 0.717) is 5.92 Å². The zero-order valence-corrected chi connectivity index (χ0v) is 16.6. The molecule has 28 heavy (non-hydrogen) atoms. The Morgan fingerprint density at radius 2 is 1.14 bits per heavy atom. The molecule has 1 nitrogen and oxygen atoms in total. The number of hydrogen-bond donors (Lipinski definition) is 0. The first kappa shape index (κ1) is 19.0. The fourth-order valence-corrected chi connectivity index (χ4v) is 4.67. The standard InChI is InChI=1S/C27H30O/c1-4-12-23(13-5-1)20-26-18-10-11-19-28-27(26,21-24-14-6-2-7-15-24)22-25-16-8-3-9-17-25/h1-9,12-17,26H,10-11,18-22H2. The van der Waals surface area contributed by atoms with Crippen molar-refractivity contribution in [2.45, 2.75) is 44.1 Å². The summed E-state index contributed by atoms with van der Waals surface area (Å²) in [4.78, 5) is 0. The largest absolute Gasteiger partial charge is 0.374 e. The number of ether oxygens (including phenoxy) is 1. The van der Waals surface area contributed by atoms with Crippen molar-refractivity contribution in [2.24, 2.45) is 5.92 Å². The van der Waals surface area contributed by atoms with Crippen LogP contribution < -0.4 is 0 Å². The summed E-state index contributed by atoms with van der Waals surface area (Å²) in [7, 11) is 0. The molecule has 1 saturated heterocycles. The molecule has 4 rings (SSSR count). The van der Waals surface area contributed by atoms with Gasteiger partial charge in [0.1, 0.15) is 0 Å². The Labute approximate surface area is 169 Å². The van der Waals surface area contributed by atoms with Crippen LogP contribution in [-0.2, 0) is 24.0 Å². The fourth-order valence-electron chi connectivity index (χ4n) is 4.67. The second-order valence-electron chi connectivity index (χ2n) is 8.12. The molecule has 1 aliphatic rings. The van der Waals surface area contributed by atoms with E-state index in [0.717, 1.165) is 32.3 Å². The van der Waals surface area contributed by atoms with E-state index in [2.05, 4.69) is 91.0 Å². The van der Waals surface area contributed by atoms with Gasteiger partial charge in [-0.25, -0.2) is 0 Å². The second-order valence-corrected chi connectivity index (χ2v) is 8.12. The SMILES string of the molecule is c1ccc(CC2CCCCOC2(Cc2ccccc2)Cc2ccccc2)cc1. The molecule has 3 aromatic carbocycles. The van der Waals surface area contributed by atoms with Crippen molar-refractivity contribution in [3.63, 3.8) is 0 Å². The molecule has 0 N–H and O–H groups in total. The average molecular weight is 371 g/mol. The van der Waals surface area contributed by atoms with Crippen LogP contribution in [0.15, 0.2) is 91.0 Å². The highest BCUT2D eigenvalue weighted by atomic mass is 16.5. The van der Waals surface area contributed by atoms with Crippen molar-refractivity contribution in [3.05, 3.63) is 108 Å². The maximum atomic E-state index is 6.78. The molecule has 0 spiro atoms. The van der Waals surface area contributed by atoms with Gasteiger partial charge in [-0.15, -0.1) is 0 Å². The summed E-state index contributed by atoms with van der Waals surface area (Å²) in [6, 6.07) is 32.7. The molecule has 1 fully saturated rings. The van der Waals surface area contributed by atoms with Crippen LogP contribution in [0.2, 0.25) is 0 Å². The molecule has 3 aromatic rings. The molecular weight excluding hydrogens is 340 g/mol. The van der Waals surface area contributed by atoms with Crippen LogP contribution in [-0.4, -0.2) is 12.2 Å². The first-order chi connectivity index (χ1) is 13.8. The van der Waals surface area contributed by atoms with Gasteiger partial charge in [-0.2, -0.15) is 0 Å². The van der Waals surface area contributed by atoms with E-state index in [1.54, 1.807) is 0 Å². The Morgan fingerprint density at radius 3 is 1.68 bits per heavy atom. The van der Waals surface area contributed by atoms with E-state index < -0.39 is 0 Å². The molecule has 1 atom stereocenters. The van der Waals surface area contributed by atoms with Crippen molar-refractivity contribution in [2.75, 3.05) is 6.61 Å². The van der Waals surface area contributed by atoms with Crippen molar-refractivity contribution in [1.29, 1.82) is 0 Å². The van der Waals surface area contributed by atoms with Gasteiger partial charge >= 0.3 is 0 Å². The average Bonchev–Trinajstić information content (AvgIpc) is 2.93. The maximum absolute atomic E-state index is 6.78. The molecule has 1 heterocycles. The molecule has 1 unspecified atom stereocenters. The summed E-state index contributed by atoms with van der Waals surface area (Å²) in [5.74, 6) is 0.512. The zero-order valence-electron chi connectivity index (χ0n) is 16.6. The summed E-state index contributed by atoms with van der Waals surface area (Å²) in [5.41, 5.74) is 4.01. The minimum absolute atomic E-state index is 0.158. The molecule has 0 saturated carbocycles. The van der Waals surface area contributed by atoms with Crippen LogP contribution in [0.1, 0.15) is 36.0 Å². The van der Waals surface area contributed by atoms with Crippen LogP contribution in [0.3, 0.4) is 0 Å². The third-order valence-electron chi connectivity index (χ3n) is 6.10. The molecule has 0 aliphatic carbocycles. The predicted molar refractivity (Wildman–Crippen MR) is 116 cm³/mol.